The van der Waals surface area contributed by atoms with Gasteiger partial charge < -0.3 is 10.1 Å². The smallest absolute Gasteiger partial charge is 0.121 e. The molecular formula is C17H25NO. The summed E-state index contributed by atoms with van der Waals surface area (Å²) in [5.41, 5.74) is 3.24. The van der Waals surface area contributed by atoms with Crippen LogP contribution in [0.4, 0.5) is 5.69 Å². The molecule has 1 aromatic rings. The summed E-state index contributed by atoms with van der Waals surface area (Å²) in [6.45, 7) is 6.72. The third-order valence-corrected chi connectivity index (χ3v) is 4.74. The first-order chi connectivity index (χ1) is 9.12. The SMILES string of the molecule is CC1(C)CCC(COc2ccc3c(c2)NCC3)CC1. The highest BCUT2D eigenvalue weighted by atomic mass is 16.5. The number of anilines is 1. The van der Waals surface area contributed by atoms with Crippen molar-refractivity contribution in [3.05, 3.63) is 23.8 Å². The van der Waals surface area contributed by atoms with Crippen molar-refractivity contribution in [2.24, 2.45) is 11.3 Å². The van der Waals surface area contributed by atoms with E-state index in [0.29, 0.717) is 5.41 Å². The van der Waals surface area contributed by atoms with E-state index in [1.165, 1.54) is 36.9 Å². The summed E-state index contributed by atoms with van der Waals surface area (Å²) in [6, 6.07) is 6.49. The molecule has 104 valence electrons. The van der Waals surface area contributed by atoms with Gasteiger partial charge in [0, 0.05) is 18.3 Å². The van der Waals surface area contributed by atoms with Gasteiger partial charge in [0.25, 0.3) is 0 Å². The maximum atomic E-state index is 6.00. The monoisotopic (exact) mass is 259 g/mol. The molecule has 1 aliphatic heterocycles. The first kappa shape index (κ1) is 12.8. The van der Waals surface area contributed by atoms with E-state index in [1.54, 1.807) is 0 Å². The largest absolute Gasteiger partial charge is 0.493 e. The van der Waals surface area contributed by atoms with E-state index in [4.69, 9.17) is 4.74 Å². The van der Waals surface area contributed by atoms with Gasteiger partial charge in [0.15, 0.2) is 0 Å². The van der Waals surface area contributed by atoms with Crippen LogP contribution in [-0.2, 0) is 6.42 Å². The van der Waals surface area contributed by atoms with Crippen LogP contribution in [0.1, 0.15) is 45.1 Å². The van der Waals surface area contributed by atoms with Crippen molar-refractivity contribution < 1.29 is 4.74 Å². The van der Waals surface area contributed by atoms with E-state index in [0.717, 1.165) is 31.2 Å². The zero-order valence-electron chi connectivity index (χ0n) is 12.2. The van der Waals surface area contributed by atoms with Crippen LogP contribution in [0.25, 0.3) is 0 Å². The number of benzene rings is 1. The van der Waals surface area contributed by atoms with Crippen LogP contribution in [0, 0.1) is 11.3 Å². The number of hydrogen-bond donors (Lipinski definition) is 1. The van der Waals surface area contributed by atoms with Crippen LogP contribution < -0.4 is 10.1 Å². The Bertz CT molecular complexity index is 443. The molecule has 0 unspecified atom stereocenters. The molecule has 0 amide bonds. The van der Waals surface area contributed by atoms with E-state index in [9.17, 15) is 0 Å². The van der Waals surface area contributed by atoms with Gasteiger partial charge in [0.1, 0.15) is 5.75 Å². The van der Waals surface area contributed by atoms with Crippen LogP contribution >= 0.6 is 0 Å². The Balaban J connectivity index is 1.53. The van der Waals surface area contributed by atoms with Gasteiger partial charge in [-0.1, -0.05) is 19.9 Å². The molecule has 2 aliphatic rings. The van der Waals surface area contributed by atoms with E-state index >= 15 is 0 Å². The molecule has 19 heavy (non-hydrogen) atoms. The highest BCUT2D eigenvalue weighted by Crippen LogP contribution is 2.38. The van der Waals surface area contributed by atoms with Crippen molar-refractivity contribution in [3.63, 3.8) is 0 Å². The van der Waals surface area contributed by atoms with Crippen LogP contribution in [0.5, 0.6) is 5.75 Å². The molecule has 2 heteroatoms. The minimum absolute atomic E-state index is 0.550. The molecule has 0 radical (unpaired) electrons. The standard InChI is InChI=1S/C17H25NO/c1-17(2)8-5-13(6-9-17)12-19-15-4-3-14-7-10-18-16(14)11-15/h3-4,11,13,18H,5-10,12H2,1-2H3. The molecule has 3 rings (SSSR count). The zero-order chi connectivity index (χ0) is 13.3. The predicted octanol–water partition coefficient (Wildman–Crippen LogP) is 4.25. The molecule has 1 aromatic carbocycles. The lowest BCUT2D eigenvalue weighted by molar-refractivity contribution is 0.142. The van der Waals surface area contributed by atoms with Crippen molar-refractivity contribution in [2.75, 3.05) is 18.5 Å². The molecule has 0 bridgehead atoms. The van der Waals surface area contributed by atoms with Crippen molar-refractivity contribution >= 4 is 5.69 Å². The fraction of sp³-hybridized carbons (Fsp3) is 0.647. The van der Waals surface area contributed by atoms with Crippen LogP contribution in [0.3, 0.4) is 0 Å². The maximum absolute atomic E-state index is 6.00. The summed E-state index contributed by atoms with van der Waals surface area (Å²) in [6.07, 6.45) is 6.46. The molecule has 0 aromatic heterocycles. The first-order valence-electron chi connectivity index (χ1n) is 7.62. The van der Waals surface area contributed by atoms with Gasteiger partial charge in [-0.3, -0.25) is 0 Å². The quantitative estimate of drug-likeness (QED) is 0.876. The summed E-state index contributed by atoms with van der Waals surface area (Å²) < 4.78 is 6.00. The fourth-order valence-corrected chi connectivity index (χ4v) is 3.20. The normalized spacial score (nSPS) is 21.8. The Hall–Kier alpha value is -1.18. The Morgan fingerprint density at radius 2 is 2.05 bits per heavy atom. The highest BCUT2D eigenvalue weighted by Gasteiger charge is 2.27. The van der Waals surface area contributed by atoms with Crippen LogP contribution in [0.15, 0.2) is 18.2 Å². The zero-order valence-corrected chi connectivity index (χ0v) is 12.2. The Morgan fingerprint density at radius 3 is 2.84 bits per heavy atom. The van der Waals surface area contributed by atoms with Gasteiger partial charge in [0.05, 0.1) is 6.61 Å². The van der Waals surface area contributed by atoms with Crippen LogP contribution in [0.2, 0.25) is 0 Å². The number of rotatable bonds is 3. The summed E-state index contributed by atoms with van der Waals surface area (Å²) in [7, 11) is 0. The fourth-order valence-electron chi connectivity index (χ4n) is 3.20. The predicted molar refractivity (Wildman–Crippen MR) is 79.9 cm³/mol. The van der Waals surface area contributed by atoms with E-state index in [-0.39, 0.29) is 0 Å². The molecule has 0 saturated heterocycles. The third kappa shape index (κ3) is 3.05. The summed E-state index contributed by atoms with van der Waals surface area (Å²) in [5, 5.41) is 3.41. The highest BCUT2D eigenvalue weighted by molar-refractivity contribution is 5.58. The summed E-state index contributed by atoms with van der Waals surface area (Å²) in [5.74, 6) is 1.77. The number of nitrogens with one attached hydrogen (secondary N) is 1. The lowest BCUT2D eigenvalue weighted by Gasteiger charge is -2.34. The van der Waals surface area contributed by atoms with Gasteiger partial charge in [-0.25, -0.2) is 0 Å². The van der Waals surface area contributed by atoms with E-state index in [1.807, 2.05) is 0 Å². The van der Waals surface area contributed by atoms with Crippen molar-refractivity contribution in [3.8, 4) is 5.75 Å². The lowest BCUT2D eigenvalue weighted by atomic mass is 9.73. The molecular weight excluding hydrogens is 234 g/mol. The number of ether oxygens (including phenoxy) is 1. The van der Waals surface area contributed by atoms with Gasteiger partial charge in [-0.2, -0.15) is 0 Å². The Kier molecular flexibility index (Phi) is 3.42. The van der Waals surface area contributed by atoms with Gasteiger partial charge in [0.2, 0.25) is 0 Å². The topological polar surface area (TPSA) is 21.3 Å². The molecule has 2 nitrogen and oxygen atoms in total. The second kappa shape index (κ2) is 5.07. The van der Waals surface area contributed by atoms with Crippen LogP contribution in [-0.4, -0.2) is 13.2 Å². The lowest BCUT2D eigenvalue weighted by Crippen LogP contribution is -2.24. The average Bonchev–Trinajstić information content (AvgIpc) is 2.85. The summed E-state index contributed by atoms with van der Waals surface area (Å²) in [4.78, 5) is 0. The second-order valence-electron chi connectivity index (χ2n) is 6.91. The van der Waals surface area contributed by atoms with Crippen molar-refractivity contribution in [2.45, 2.75) is 46.0 Å². The molecule has 1 fully saturated rings. The average molecular weight is 259 g/mol. The Morgan fingerprint density at radius 1 is 1.26 bits per heavy atom. The summed E-state index contributed by atoms with van der Waals surface area (Å²) >= 11 is 0. The van der Waals surface area contributed by atoms with Crippen molar-refractivity contribution in [1.82, 2.24) is 0 Å². The molecule has 1 N–H and O–H groups in total. The molecule has 0 spiro atoms. The first-order valence-corrected chi connectivity index (χ1v) is 7.62. The van der Waals surface area contributed by atoms with Gasteiger partial charge >= 0.3 is 0 Å². The Labute approximate surface area is 116 Å². The molecule has 1 aliphatic carbocycles. The minimum atomic E-state index is 0.550. The third-order valence-electron chi connectivity index (χ3n) is 4.74. The number of hydrogen-bond acceptors (Lipinski definition) is 2. The molecule has 0 atom stereocenters. The molecule has 1 saturated carbocycles. The maximum Gasteiger partial charge on any atom is 0.121 e. The van der Waals surface area contributed by atoms with E-state index < -0.39 is 0 Å². The van der Waals surface area contributed by atoms with Crippen molar-refractivity contribution in [1.29, 1.82) is 0 Å². The molecule has 1 heterocycles. The van der Waals surface area contributed by atoms with Gasteiger partial charge in [-0.05, 0) is 55.1 Å². The second-order valence-corrected chi connectivity index (χ2v) is 6.91. The minimum Gasteiger partial charge on any atom is -0.493 e. The number of fused-ring (bicyclic) bond motifs is 1. The van der Waals surface area contributed by atoms with E-state index in [2.05, 4.69) is 37.4 Å². The van der Waals surface area contributed by atoms with Gasteiger partial charge in [-0.15, -0.1) is 0 Å².